The van der Waals surface area contributed by atoms with Gasteiger partial charge in [-0.1, -0.05) is 12.1 Å². The van der Waals surface area contributed by atoms with E-state index in [0.29, 0.717) is 34.0 Å². The molecule has 0 atom stereocenters. The number of nitrogens with zero attached hydrogens (tertiary/aromatic N) is 2. The fourth-order valence-corrected chi connectivity index (χ4v) is 3.19. The van der Waals surface area contributed by atoms with Gasteiger partial charge in [0, 0.05) is 25.5 Å². The van der Waals surface area contributed by atoms with Crippen LogP contribution in [0, 0.1) is 13.8 Å². The number of hydrogen-bond acceptors (Lipinski definition) is 5. The van der Waals surface area contributed by atoms with Gasteiger partial charge in [-0.15, -0.1) is 0 Å². The molecule has 3 rings (SSSR count). The third-order valence-corrected chi connectivity index (χ3v) is 4.82. The molecule has 1 aromatic heterocycles. The van der Waals surface area contributed by atoms with Crippen LogP contribution in [0.15, 0.2) is 36.4 Å². The molecule has 0 saturated carbocycles. The smallest absolute Gasteiger partial charge is 0.257 e. The second kappa shape index (κ2) is 8.41. The number of aryl methyl sites for hydroxylation is 2. The first-order valence-corrected chi connectivity index (χ1v) is 9.42. The number of carbonyl (C=O) groups is 2. The molecule has 0 saturated heterocycles. The lowest BCUT2D eigenvalue weighted by Crippen LogP contribution is -2.24. The standard InChI is InChI=1S/C23H25N3O4/c1-13-7-8-15-10-16(14(2)24-18(15)9-13)22(27)25-19-12-21(30-6)20(29-5)11-17(19)23(28)26(3)4/h7-12H,1-6H3,(H,25,27). The molecule has 0 unspecified atom stereocenters. The average Bonchev–Trinajstić information content (AvgIpc) is 2.72. The molecule has 7 nitrogen and oxygen atoms in total. The molecule has 156 valence electrons. The van der Waals surface area contributed by atoms with E-state index >= 15 is 0 Å². The van der Waals surface area contributed by atoms with Crippen molar-refractivity contribution in [3.63, 3.8) is 0 Å². The van der Waals surface area contributed by atoms with E-state index in [2.05, 4.69) is 10.3 Å². The Hall–Kier alpha value is -3.61. The zero-order chi connectivity index (χ0) is 22.0. The molecule has 2 amide bonds. The molecule has 30 heavy (non-hydrogen) atoms. The van der Waals surface area contributed by atoms with E-state index in [1.54, 1.807) is 39.2 Å². The van der Waals surface area contributed by atoms with Crippen molar-refractivity contribution in [2.75, 3.05) is 33.6 Å². The molecular weight excluding hydrogens is 382 g/mol. The zero-order valence-electron chi connectivity index (χ0n) is 18.0. The Morgan fingerprint density at radius 3 is 2.23 bits per heavy atom. The minimum absolute atomic E-state index is 0.268. The number of aromatic nitrogens is 1. The van der Waals surface area contributed by atoms with E-state index in [1.807, 2.05) is 25.1 Å². The number of amides is 2. The van der Waals surface area contributed by atoms with E-state index in [-0.39, 0.29) is 11.8 Å². The van der Waals surface area contributed by atoms with Crippen molar-refractivity contribution in [2.45, 2.75) is 13.8 Å². The minimum atomic E-state index is -0.359. The van der Waals surface area contributed by atoms with E-state index in [4.69, 9.17) is 9.47 Å². The van der Waals surface area contributed by atoms with Crippen LogP contribution in [0.25, 0.3) is 10.9 Å². The summed E-state index contributed by atoms with van der Waals surface area (Å²) in [7, 11) is 6.27. The Morgan fingerprint density at radius 2 is 1.60 bits per heavy atom. The molecule has 0 aliphatic heterocycles. The molecule has 1 N–H and O–H groups in total. The van der Waals surface area contributed by atoms with Crippen LogP contribution in [-0.4, -0.2) is 50.0 Å². The fraction of sp³-hybridized carbons (Fsp3) is 0.261. The molecule has 0 fully saturated rings. The summed E-state index contributed by atoms with van der Waals surface area (Å²) < 4.78 is 10.6. The highest BCUT2D eigenvalue weighted by atomic mass is 16.5. The molecule has 0 bridgehead atoms. The summed E-state index contributed by atoms with van der Waals surface area (Å²) in [6, 6.07) is 10.8. The summed E-state index contributed by atoms with van der Waals surface area (Å²) in [5, 5.41) is 3.71. The van der Waals surface area contributed by atoms with Crippen molar-refractivity contribution < 1.29 is 19.1 Å². The van der Waals surface area contributed by atoms with Crippen molar-refractivity contribution in [3.05, 3.63) is 58.8 Å². The molecule has 2 aromatic carbocycles. The first-order valence-electron chi connectivity index (χ1n) is 9.42. The number of fused-ring (bicyclic) bond motifs is 1. The van der Waals surface area contributed by atoms with Gasteiger partial charge in [-0.3, -0.25) is 14.6 Å². The van der Waals surface area contributed by atoms with Crippen LogP contribution in [0.1, 0.15) is 32.0 Å². The monoisotopic (exact) mass is 407 g/mol. The maximum Gasteiger partial charge on any atom is 0.257 e. The van der Waals surface area contributed by atoms with Gasteiger partial charge in [0.25, 0.3) is 11.8 Å². The topological polar surface area (TPSA) is 80.8 Å². The molecule has 0 spiro atoms. The summed E-state index contributed by atoms with van der Waals surface area (Å²) >= 11 is 0. The van der Waals surface area contributed by atoms with E-state index < -0.39 is 0 Å². The lowest BCUT2D eigenvalue weighted by Gasteiger charge is -2.18. The average molecular weight is 407 g/mol. The molecule has 1 heterocycles. The van der Waals surface area contributed by atoms with Crippen LogP contribution in [0.4, 0.5) is 5.69 Å². The number of rotatable bonds is 5. The van der Waals surface area contributed by atoms with Gasteiger partial charge in [0.1, 0.15) is 0 Å². The van der Waals surface area contributed by atoms with Crippen LogP contribution in [0.5, 0.6) is 11.5 Å². The summed E-state index contributed by atoms with van der Waals surface area (Å²) in [6.45, 7) is 3.79. The number of pyridine rings is 1. The number of anilines is 1. The summed E-state index contributed by atoms with van der Waals surface area (Å²) in [6.07, 6.45) is 0. The minimum Gasteiger partial charge on any atom is -0.493 e. The van der Waals surface area contributed by atoms with Crippen molar-refractivity contribution >= 4 is 28.4 Å². The van der Waals surface area contributed by atoms with Crippen LogP contribution >= 0.6 is 0 Å². The Morgan fingerprint density at radius 1 is 0.933 bits per heavy atom. The normalized spacial score (nSPS) is 10.6. The Kier molecular flexibility index (Phi) is 5.91. The molecule has 0 aliphatic carbocycles. The van der Waals surface area contributed by atoms with Gasteiger partial charge in [-0.25, -0.2) is 0 Å². The van der Waals surface area contributed by atoms with E-state index in [1.165, 1.54) is 19.1 Å². The first-order chi connectivity index (χ1) is 14.2. The maximum atomic E-state index is 13.1. The highest BCUT2D eigenvalue weighted by Crippen LogP contribution is 2.34. The van der Waals surface area contributed by atoms with Crippen molar-refractivity contribution in [3.8, 4) is 11.5 Å². The van der Waals surface area contributed by atoms with Gasteiger partial charge in [-0.05, 0) is 37.6 Å². The maximum absolute atomic E-state index is 13.1. The predicted octanol–water partition coefficient (Wildman–Crippen LogP) is 3.82. The third kappa shape index (κ3) is 4.05. The van der Waals surface area contributed by atoms with Gasteiger partial charge in [0.15, 0.2) is 11.5 Å². The predicted molar refractivity (Wildman–Crippen MR) is 117 cm³/mol. The third-order valence-electron chi connectivity index (χ3n) is 4.82. The number of methoxy groups -OCH3 is 2. The molecule has 7 heteroatoms. The summed E-state index contributed by atoms with van der Waals surface area (Å²) in [4.78, 5) is 31.8. The molecule has 0 radical (unpaired) electrons. The van der Waals surface area contributed by atoms with E-state index in [9.17, 15) is 9.59 Å². The zero-order valence-corrected chi connectivity index (χ0v) is 18.0. The molecule has 0 aliphatic rings. The number of hydrogen-bond donors (Lipinski definition) is 1. The van der Waals surface area contributed by atoms with Gasteiger partial charge in [0.05, 0.1) is 42.2 Å². The van der Waals surface area contributed by atoms with Crippen molar-refractivity contribution in [1.29, 1.82) is 0 Å². The quantitative estimate of drug-likeness (QED) is 0.695. The van der Waals surface area contributed by atoms with Crippen molar-refractivity contribution in [1.82, 2.24) is 9.88 Å². The van der Waals surface area contributed by atoms with Gasteiger partial charge in [-0.2, -0.15) is 0 Å². The van der Waals surface area contributed by atoms with Gasteiger partial charge in [0.2, 0.25) is 0 Å². The lowest BCUT2D eigenvalue weighted by atomic mass is 10.1. The number of carbonyl (C=O) groups excluding carboxylic acids is 2. The Bertz CT molecular complexity index is 1140. The Balaban J connectivity index is 2.05. The van der Waals surface area contributed by atoms with Gasteiger partial charge < -0.3 is 19.7 Å². The van der Waals surface area contributed by atoms with Crippen molar-refractivity contribution in [2.24, 2.45) is 0 Å². The van der Waals surface area contributed by atoms with Crippen LogP contribution in [0.2, 0.25) is 0 Å². The first kappa shape index (κ1) is 21.1. The van der Waals surface area contributed by atoms with Gasteiger partial charge >= 0.3 is 0 Å². The number of ether oxygens (including phenoxy) is 2. The summed E-state index contributed by atoms with van der Waals surface area (Å²) in [5.74, 6) is 0.184. The van der Waals surface area contributed by atoms with Crippen LogP contribution in [-0.2, 0) is 0 Å². The fourth-order valence-electron chi connectivity index (χ4n) is 3.19. The Labute approximate surface area is 175 Å². The van der Waals surface area contributed by atoms with Crippen LogP contribution < -0.4 is 14.8 Å². The van der Waals surface area contributed by atoms with Crippen LogP contribution in [0.3, 0.4) is 0 Å². The number of nitrogens with one attached hydrogen (secondary N) is 1. The highest BCUT2D eigenvalue weighted by molar-refractivity contribution is 6.10. The molecule has 3 aromatic rings. The highest BCUT2D eigenvalue weighted by Gasteiger charge is 2.21. The lowest BCUT2D eigenvalue weighted by molar-refractivity contribution is 0.0828. The largest absolute Gasteiger partial charge is 0.493 e. The SMILES string of the molecule is COc1cc(NC(=O)c2cc3ccc(C)cc3nc2C)c(C(=O)N(C)C)cc1OC. The number of benzene rings is 2. The van der Waals surface area contributed by atoms with E-state index in [0.717, 1.165) is 16.5 Å². The second-order valence-corrected chi connectivity index (χ2v) is 7.22. The molecular formula is C23H25N3O4. The second-order valence-electron chi connectivity index (χ2n) is 7.22. The summed E-state index contributed by atoms with van der Waals surface area (Å²) in [5.41, 5.74) is 3.60.